The van der Waals surface area contributed by atoms with Gasteiger partial charge in [0.25, 0.3) is 5.56 Å². The van der Waals surface area contributed by atoms with E-state index in [1.807, 2.05) is 36.7 Å². The van der Waals surface area contributed by atoms with Crippen molar-refractivity contribution in [1.82, 2.24) is 14.9 Å². The Morgan fingerprint density at radius 3 is 2.62 bits per heavy atom. The van der Waals surface area contributed by atoms with E-state index < -0.39 is 5.25 Å². The molecule has 3 aromatic heterocycles. The average Bonchev–Trinajstić information content (AvgIpc) is 3.44. The molecule has 4 rings (SSSR count). The predicted octanol–water partition coefficient (Wildman–Crippen LogP) is 5.70. The van der Waals surface area contributed by atoms with Crippen molar-refractivity contribution in [3.63, 3.8) is 0 Å². The van der Waals surface area contributed by atoms with Crippen LogP contribution in [-0.4, -0.2) is 20.7 Å². The van der Waals surface area contributed by atoms with Gasteiger partial charge in [-0.25, -0.2) is 9.37 Å². The summed E-state index contributed by atoms with van der Waals surface area (Å²) in [5, 5.41) is 7.61. The van der Waals surface area contributed by atoms with E-state index in [4.69, 9.17) is 4.98 Å². The van der Waals surface area contributed by atoms with E-state index in [-0.39, 0.29) is 23.3 Å². The van der Waals surface area contributed by atoms with Gasteiger partial charge in [0, 0.05) is 22.4 Å². The number of hydrogen-bond acceptors (Lipinski definition) is 6. The van der Waals surface area contributed by atoms with Crippen LogP contribution < -0.4 is 10.9 Å². The van der Waals surface area contributed by atoms with Crippen molar-refractivity contribution < 1.29 is 9.18 Å². The van der Waals surface area contributed by atoms with Crippen molar-refractivity contribution in [3.8, 4) is 10.4 Å². The lowest BCUT2D eigenvalue weighted by Gasteiger charge is -2.18. The molecule has 1 amide bonds. The molecule has 0 bridgehead atoms. The van der Waals surface area contributed by atoms with Crippen LogP contribution in [0.25, 0.3) is 20.7 Å². The number of amides is 1. The maximum atomic E-state index is 13.3. The van der Waals surface area contributed by atoms with Gasteiger partial charge >= 0.3 is 0 Å². The number of hydrogen-bond donors (Lipinski definition) is 1. The second kappa shape index (κ2) is 9.56. The largest absolute Gasteiger partial charge is 0.349 e. The number of benzene rings is 1. The molecule has 0 unspecified atom stereocenters. The van der Waals surface area contributed by atoms with Gasteiger partial charge < -0.3 is 5.32 Å². The molecule has 0 aliphatic rings. The average molecular weight is 488 g/mol. The number of nitrogens with one attached hydrogen (secondary N) is 1. The topological polar surface area (TPSA) is 64.0 Å². The van der Waals surface area contributed by atoms with Crippen molar-refractivity contribution in [2.75, 3.05) is 0 Å². The van der Waals surface area contributed by atoms with Gasteiger partial charge in [-0.05, 0) is 49.9 Å². The number of carbonyl (C=O) groups excluding carboxylic acids is 1. The number of rotatable bonds is 7. The Balaban J connectivity index is 1.57. The molecule has 0 saturated carbocycles. The summed E-state index contributed by atoms with van der Waals surface area (Å²) < 4.78 is 14.8. The molecule has 0 radical (unpaired) electrons. The number of halogens is 1. The highest BCUT2D eigenvalue weighted by atomic mass is 32.2. The summed E-state index contributed by atoms with van der Waals surface area (Å²) in [5.74, 6) is -0.486. The van der Waals surface area contributed by atoms with Gasteiger partial charge in [0.1, 0.15) is 10.6 Å². The standard InChI is InChI=1S/C23H22FN3O2S3/c1-4-27-22(29)19-17(18-6-5-11-30-18)12-31-21(19)26-23(27)32-14(3)20(28)25-13(2)15-7-9-16(24)10-8-15/h5-14H,4H2,1-3H3,(H,25,28)/t13-,14+/m1/s1. The van der Waals surface area contributed by atoms with Crippen molar-refractivity contribution in [3.05, 3.63) is 68.9 Å². The van der Waals surface area contributed by atoms with Gasteiger partial charge in [-0.3, -0.25) is 14.2 Å². The molecular formula is C23H22FN3O2S3. The third-order valence-electron chi connectivity index (χ3n) is 5.14. The minimum Gasteiger partial charge on any atom is -0.349 e. The number of carbonyl (C=O) groups is 1. The predicted molar refractivity (Wildman–Crippen MR) is 131 cm³/mol. The molecule has 2 atom stereocenters. The summed E-state index contributed by atoms with van der Waals surface area (Å²) in [4.78, 5) is 32.5. The monoisotopic (exact) mass is 487 g/mol. The number of thiophene rings is 2. The van der Waals surface area contributed by atoms with Crippen LogP contribution in [0.2, 0.25) is 0 Å². The zero-order valence-corrected chi connectivity index (χ0v) is 20.2. The Kier molecular flexibility index (Phi) is 6.78. The molecule has 3 heterocycles. The maximum Gasteiger partial charge on any atom is 0.263 e. The number of fused-ring (bicyclic) bond motifs is 1. The molecule has 0 spiro atoms. The lowest BCUT2D eigenvalue weighted by molar-refractivity contribution is -0.120. The Morgan fingerprint density at radius 1 is 1.22 bits per heavy atom. The van der Waals surface area contributed by atoms with Crippen molar-refractivity contribution in [2.24, 2.45) is 0 Å². The summed E-state index contributed by atoms with van der Waals surface area (Å²) in [6.07, 6.45) is 0. The fraction of sp³-hybridized carbons (Fsp3) is 0.261. The summed E-state index contributed by atoms with van der Waals surface area (Å²) in [5.41, 5.74) is 1.65. The molecule has 9 heteroatoms. The Bertz CT molecular complexity index is 1300. The lowest BCUT2D eigenvalue weighted by Crippen LogP contribution is -2.33. The summed E-state index contributed by atoms with van der Waals surface area (Å²) in [7, 11) is 0. The molecule has 0 aliphatic heterocycles. The zero-order valence-electron chi connectivity index (χ0n) is 17.8. The fourth-order valence-corrected chi connectivity index (χ4v) is 6.15. The third kappa shape index (κ3) is 4.51. The fourth-order valence-electron chi connectivity index (χ4n) is 3.36. The Labute approximate surface area is 197 Å². The highest BCUT2D eigenvalue weighted by molar-refractivity contribution is 8.00. The smallest absolute Gasteiger partial charge is 0.263 e. The van der Waals surface area contributed by atoms with Crippen molar-refractivity contribution >= 4 is 50.6 Å². The number of nitrogens with zero attached hydrogens (tertiary/aromatic N) is 2. The molecule has 0 fully saturated rings. The van der Waals surface area contributed by atoms with Crippen LogP contribution >= 0.6 is 34.4 Å². The van der Waals surface area contributed by atoms with Gasteiger partial charge in [-0.1, -0.05) is 30.0 Å². The van der Waals surface area contributed by atoms with Gasteiger partial charge in [0.2, 0.25) is 5.91 Å². The third-order valence-corrected chi connectivity index (χ3v) is 8.01. The van der Waals surface area contributed by atoms with Gasteiger partial charge in [-0.2, -0.15) is 0 Å². The first kappa shape index (κ1) is 22.7. The first-order chi connectivity index (χ1) is 15.4. The maximum absolute atomic E-state index is 13.3. The van der Waals surface area contributed by atoms with E-state index in [9.17, 15) is 14.0 Å². The SMILES string of the molecule is CCn1c(S[C@@H](C)C(=O)N[C@H](C)c2ccc(F)cc2)nc2scc(-c3cccs3)c2c1=O. The quantitative estimate of drug-likeness (QED) is 0.268. The van der Waals surface area contributed by atoms with Crippen molar-refractivity contribution in [2.45, 2.75) is 43.8 Å². The molecule has 5 nitrogen and oxygen atoms in total. The first-order valence-electron chi connectivity index (χ1n) is 10.2. The molecule has 32 heavy (non-hydrogen) atoms. The molecular weight excluding hydrogens is 465 g/mol. The summed E-state index contributed by atoms with van der Waals surface area (Å²) >= 11 is 4.30. The van der Waals surface area contributed by atoms with Crippen molar-refractivity contribution in [1.29, 1.82) is 0 Å². The van der Waals surface area contributed by atoms with E-state index >= 15 is 0 Å². The molecule has 0 aliphatic carbocycles. The van der Waals surface area contributed by atoms with Gasteiger partial charge in [-0.15, -0.1) is 22.7 Å². The highest BCUT2D eigenvalue weighted by Crippen LogP contribution is 2.35. The van der Waals surface area contributed by atoms with E-state index in [1.165, 1.54) is 35.2 Å². The molecule has 1 N–H and O–H groups in total. The normalized spacial score (nSPS) is 13.2. The van der Waals surface area contributed by atoms with Crippen LogP contribution in [0.3, 0.4) is 0 Å². The van der Waals surface area contributed by atoms with Crippen LogP contribution in [0.5, 0.6) is 0 Å². The minimum absolute atomic E-state index is 0.0862. The van der Waals surface area contributed by atoms with Gasteiger partial charge in [0.15, 0.2) is 5.16 Å². The Hall–Kier alpha value is -2.49. The van der Waals surface area contributed by atoms with Crippen LogP contribution in [0.1, 0.15) is 32.4 Å². The summed E-state index contributed by atoms with van der Waals surface area (Å²) in [6.45, 7) is 6.01. The van der Waals surface area contributed by atoms with Gasteiger partial charge in [0.05, 0.1) is 16.7 Å². The van der Waals surface area contributed by atoms with E-state index in [2.05, 4.69) is 5.32 Å². The van der Waals surface area contributed by atoms with E-state index in [0.29, 0.717) is 21.9 Å². The number of thioether (sulfide) groups is 1. The second-order valence-corrected chi connectivity index (χ2v) is 10.4. The van der Waals surface area contributed by atoms with Crippen LogP contribution in [0.15, 0.2) is 57.1 Å². The highest BCUT2D eigenvalue weighted by Gasteiger charge is 2.22. The van der Waals surface area contributed by atoms with E-state index in [0.717, 1.165) is 16.0 Å². The Morgan fingerprint density at radius 2 is 1.97 bits per heavy atom. The van der Waals surface area contributed by atoms with Crippen LogP contribution in [0, 0.1) is 5.82 Å². The molecule has 166 valence electrons. The van der Waals surface area contributed by atoms with Crippen LogP contribution in [-0.2, 0) is 11.3 Å². The number of aromatic nitrogens is 2. The summed E-state index contributed by atoms with van der Waals surface area (Å²) in [6, 6.07) is 9.77. The molecule has 4 aromatic rings. The molecule has 0 saturated heterocycles. The minimum atomic E-state index is -0.461. The first-order valence-corrected chi connectivity index (χ1v) is 12.8. The lowest BCUT2D eigenvalue weighted by atomic mass is 10.1. The van der Waals surface area contributed by atoms with Crippen LogP contribution in [0.4, 0.5) is 4.39 Å². The second-order valence-electron chi connectivity index (χ2n) is 7.29. The van der Waals surface area contributed by atoms with E-state index in [1.54, 1.807) is 35.0 Å². The molecule has 1 aromatic carbocycles. The zero-order chi connectivity index (χ0) is 22.8.